The van der Waals surface area contributed by atoms with Gasteiger partial charge in [-0.2, -0.15) is 0 Å². The van der Waals surface area contributed by atoms with Crippen LogP contribution in [0.15, 0.2) is 0 Å². The van der Waals surface area contributed by atoms with Crippen molar-refractivity contribution in [3.05, 3.63) is 11.3 Å². The fraction of sp³-hybridized carbons (Fsp3) is 0.333. The smallest absolute Gasteiger partial charge is 0 e. The van der Waals surface area contributed by atoms with Gasteiger partial charge in [0.1, 0.15) is 0 Å². The van der Waals surface area contributed by atoms with Gasteiger partial charge in [-0.15, -0.1) is 11.5 Å². The van der Waals surface area contributed by atoms with Crippen LogP contribution in [-0.4, -0.2) is 9.36 Å². The van der Waals surface area contributed by atoms with E-state index < -0.39 is 0 Å². The first kappa shape index (κ1) is 7.61. The molecule has 1 heterocycles. The zero-order chi connectivity index (χ0) is 4.41. The van der Waals surface area contributed by atoms with Gasteiger partial charge in [-0.05, 0) is 11.3 Å². The Kier molecular flexibility index (Phi) is 3.91. The maximum Gasteiger partial charge on any atom is 0 e. The van der Waals surface area contributed by atoms with E-state index in [9.17, 15) is 0 Å². The molecule has 36 valence electrons. The summed E-state index contributed by atoms with van der Waals surface area (Å²) < 4.78 is 3.63. The first-order valence-corrected chi connectivity index (χ1v) is 2.33. The molecule has 0 unspecified atom stereocenters. The van der Waals surface area contributed by atoms with Gasteiger partial charge in [0.05, 0.1) is 0 Å². The Balaban J connectivity index is 0.000000360. The van der Waals surface area contributed by atoms with Gasteiger partial charge in [0.25, 0.3) is 0 Å². The molecule has 0 atom stereocenters. The quantitative estimate of drug-likeness (QED) is 0.650. The molecular weight excluding hydrogens is 334 g/mol. The largest absolute Gasteiger partial charge is 0.424 e. The van der Waals surface area contributed by atoms with Gasteiger partial charge in [0.2, 0.25) is 0 Å². The van der Waals surface area contributed by atoms with E-state index in [0.717, 1.165) is 5.01 Å². The third kappa shape index (κ3) is 2.43. The first-order valence-electron chi connectivity index (χ1n) is 1.56. The summed E-state index contributed by atoms with van der Waals surface area (Å²) >= 11 is 1.36. The molecule has 0 saturated heterocycles. The molecule has 2 nitrogen and oxygen atoms in total. The molecule has 0 amide bonds. The third-order valence-corrected chi connectivity index (χ3v) is 0.954. The molecule has 0 bridgehead atoms. The second-order valence-electron chi connectivity index (χ2n) is 0.913. The maximum atomic E-state index is 3.70. The Morgan fingerprint density at radius 3 is 2.57 bits per heavy atom. The Labute approximate surface area is 69.9 Å². The number of hydrogen-bond donors (Lipinski definition) is 0. The van der Waals surface area contributed by atoms with Crippen molar-refractivity contribution < 1.29 is 31.1 Å². The summed E-state index contributed by atoms with van der Waals surface area (Å²) in [6.45, 7) is 1.90. The number of aromatic nitrogens is 2. The van der Waals surface area contributed by atoms with Crippen molar-refractivity contribution in [3.63, 3.8) is 0 Å². The molecule has 1 rings (SSSR count). The Hall–Kier alpha value is 0.612. The van der Waals surface area contributed by atoms with E-state index in [1.165, 1.54) is 11.5 Å². The molecule has 0 aliphatic rings. The monoisotopic (exact) mass is 337 g/mol. The predicted molar refractivity (Wildman–Crippen MR) is 23.5 cm³/mol. The molecule has 0 aliphatic heterocycles. The average molecular weight is 337 g/mol. The summed E-state index contributed by atoms with van der Waals surface area (Å²) in [4.78, 5) is 3.70. The Bertz CT molecular complexity index is 116. The van der Waals surface area contributed by atoms with Crippen molar-refractivity contribution in [3.8, 4) is 0 Å². The third-order valence-electron chi connectivity index (χ3n) is 0.426. The molecule has 0 radical (unpaired) electrons. The van der Waals surface area contributed by atoms with Crippen molar-refractivity contribution in [2.45, 2.75) is 6.92 Å². The van der Waals surface area contributed by atoms with Gasteiger partial charge in [-0.25, -0.2) is 0 Å². The van der Waals surface area contributed by atoms with Crippen LogP contribution in [0.4, 0.5) is 0 Å². The molecule has 0 spiro atoms. The second-order valence-corrected chi connectivity index (χ2v) is 1.87. The standard InChI is InChI=1S/C3H3N2S.U/c1-3-4-2-5-6-3;/h1H3;/q-1;. The van der Waals surface area contributed by atoms with Crippen LogP contribution < -0.4 is 0 Å². The van der Waals surface area contributed by atoms with Gasteiger partial charge in [-0.1, -0.05) is 6.92 Å². The summed E-state index contributed by atoms with van der Waals surface area (Å²) in [6.07, 6.45) is 2.45. The van der Waals surface area contributed by atoms with Crippen molar-refractivity contribution in [2.24, 2.45) is 0 Å². The molecule has 7 heavy (non-hydrogen) atoms. The molecule has 0 N–H and O–H groups in total. The zero-order valence-corrected chi connectivity index (χ0v) is 8.78. The van der Waals surface area contributed by atoms with Gasteiger partial charge >= 0.3 is 0 Å². The van der Waals surface area contributed by atoms with Crippen LogP contribution in [0.2, 0.25) is 0 Å². The van der Waals surface area contributed by atoms with Crippen LogP contribution in [0.25, 0.3) is 0 Å². The van der Waals surface area contributed by atoms with Crippen molar-refractivity contribution in [2.75, 3.05) is 0 Å². The zero-order valence-electron chi connectivity index (χ0n) is 3.80. The number of rotatable bonds is 0. The molecule has 0 saturated carbocycles. The normalized spacial score (nSPS) is 7.57. The van der Waals surface area contributed by atoms with Crippen molar-refractivity contribution >= 4 is 11.5 Å². The van der Waals surface area contributed by atoms with Crippen molar-refractivity contribution in [1.82, 2.24) is 9.36 Å². The minimum Gasteiger partial charge on any atom is -0.424 e. The van der Waals surface area contributed by atoms with E-state index in [0.29, 0.717) is 0 Å². The minimum atomic E-state index is 0. The first-order chi connectivity index (χ1) is 2.89. The van der Waals surface area contributed by atoms with Crippen LogP contribution in [0.5, 0.6) is 0 Å². The van der Waals surface area contributed by atoms with E-state index in [1.54, 1.807) is 0 Å². The topological polar surface area (TPSA) is 25.8 Å². The minimum absolute atomic E-state index is 0. The summed E-state index contributed by atoms with van der Waals surface area (Å²) in [6, 6.07) is 0. The fourth-order valence-corrected chi connectivity index (χ4v) is 0.493. The van der Waals surface area contributed by atoms with E-state index in [1.807, 2.05) is 6.92 Å². The molecular formula is C3H3N2SU-. The van der Waals surface area contributed by atoms with Gasteiger partial charge in [-0.3, -0.25) is 0 Å². The predicted octanol–water partition coefficient (Wildman–Crippen LogP) is 0.647. The summed E-state index contributed by atoms with van der Waals surface area (Å²) in [5.41, 5.74) is 0. The van der Waals surface area contributed by atoms with Crippen LogP contribution in [0.3, 0.4) is 0 Å². The van der Waals surface area contributed by atoms with Crippen LogP contribution in [-0.2, 0) is 0 Å². The molecule has 4 heteroatoms. The van der Waals surface area contributed by atoms with E-state index in [-0.39, 0.29) is 31.1 Å². The van der Waals surface area contributed by atoms with E-state index >= 15 is 0 Å². The maximum absolute atomic E-state index is 3.70. The second kappa shape index (κ2) is 3.59. The van der Waals surface area contributed by atoms with Crippen LogP contribution in [0.1, 0.15) is 5.01 Å². The van der Waals surface area contributed by atoms with Crippen LogP contribution >= 0.6 is 11.5 Å². The fourth-order valence-electron chi connectivity index (χ4n) is 0.198. The molecule has 0 aliphatic carbocycles. The van der Waals surface area contributed by atoms with Gasteiger partial charge in [0.15, 0.2) is 0 Å². The Morgan fingerprint density at radius 1 is 1.71 bits per heavy atom. The number of nitrogens with zero attached hydrogens (tertiary/aromatic N) is 2. The van der Waals surface area contributed by atoms with Gasteiger partial charge < -0.3 is 9.36 Å². The summed E-state index contributed by atoms with van der Waals surface area (Å²) in [5.74, 6) is 0. The number of aryl methyl sites for hydroxylation is 1. The average Bonchev–Trinajstić information content (AvgIpc) is 1.86. The summed E-state index contributed by atoms with van der Waals surface area (Å²) in [7, 11) is 0. The number of hydrogen-bond acceptors (Lipinski definition) is 3. The van der Waals surface area contributed by atoms with Crippen LogP contribution in [0, 0.1) is 44.4 Å². The van der Waals surface area contributed by atoms with E-state index in [4.69, 9.17) is 0 Å². The summed E-state index contributed by atoms with van der Waals surface area (Å²) in [5, 5.41) is 0.968. The van der Waals surface area contributed by atoms with Crippen molar-refractivity contribution in [1.29, 1.82) is 0 Å². The molecule has 0 fully saturated rings. The SMILES string of the molecule is Cc1n[c-]ns1.[U]. The van der Waals surface area contributed by atoms with E-state index in [2.05, 4.69) is 15.7 Å². The molecule has 1 aromatic heterocycles. The molecule has 0 aromatic carbocycles. The van der Waals surface area contributed by atoms with Gasteiger partial charge in [0, 0.05) is 31.1 Å². The Morgan fingerprint density at radius 2 is 2.43 bits per heavy atom. The molecule has 1 aromatic rings.